The van der Waals surface area contributed by atoms with Crippen LogP contribution in [0.25, 0.3) is 11.1 Å². The van der Waals surface area contributed by atoms with Crippen LogP contribution in [0, 0.1) is 5.92 Å². The molecule has 0 amide bonds. The van der Waals surface area contributed by atoms with Crippen molar-refractivity contribution < 1.29 is 0 Å². The number of hydrogen-bond acceptors (Lipinski definition) is 0. The molecule has 1 saturated carbocycles. The van der Waals surface area contributed by atoms with E-state index in [-0.39, 0.29) is 5.41 Å². The molecule has 5 rings (SSSR count). The Morgan fingerprint density at radius 1 is 0.692 bits per heavy atom. The molecule has 0 nitrogen and oxygen atoms in total. The van der Waals surface area contributed by atoms with Crippen LogP contribution < -0.4 is 0 Å². The van der Waals surface area contributed by atoms with E-state index in [0.717, 1.165) is 0 Å². The van der Waals surface area contributed by atoms with Gasteiger partial charge in [-0.05, 0) is 58.7 Å². The lowest BCUT2D eigenvalue weighted by Gasteiger charge is -2.42. The highest BCUT2D eigenvalue weighted by Gasteiger charge is 2.49. The summed E-state index contributed by atoms with van der Waals surface area (Å²) >= 11 is 3.71. The molecule has 3 aromatic carbocycles. The minimum atomic E-state index is -0.00565. The molecule has 1 atom stereocenters. The monoisotopic (exact) mass is 402 g/mol. The van der Waals surface area contributed by atoms with E-state index in [1.165, 1.54) is 64.4 Å². The van der Waals surface area contributed by atoms with E-state index in [1.54, 1.807) is 0 Å². The molecule has 0 radical (unpaired) electrons. The van der Waals surface area contributed by atoms with E-state index in [4.69, 9.17) is 0 Å². The highest BCUT2D eigenvalue weighted by molar-refractivity contribution is 9.10. The second-order valence-electron chi connectivity index (χ2n) is 7.74. The van der Waals surface area contributed by atoms with Gasteiger partial charge >= 0.3 is 0 Å². The van der Waals surface area contributed by atoms with Crippen LogP contribution in [0.4, 0.5) is 0 Å². The van der Waals surface area contributed by atoms with Gasteiger partial charge in [0.1, 0.15) is 0 Å². The van der Waals surface area contributed by atoms with Crippen molar-refractivity contribution in [1.82, 2.24) is 0 Å². The highest BCUT2D eigenvalue weighted by atomic mass is 79.9. The molecule has 0 saturated heterocycles. The lowest BCUT2D eigenvalue weighted by Crippen LogP contribution is -2.37. The zero-order chi connectivity index (χ0) is 17.6. The Bertz CT molecular complexity index is 937. The third-order valence-electron chi connectivity index (χ3n) is 6.50. The van der Waals surface area contributed by atoms with Gasteiger partial charge in [-0.1, -0.05) is 95.9 Å². The van der Waals surface area contributed by atoms with Crippen molar-refractivity contribution in [2.45, 2.75) is 37.5 Å². The van der Waals surface area contributed by atoms with E-state index in [2.05, 4.69) is 88.7 Å². The second kappa shape index (κ2) is 6.39. The van der Waals surface area contributed by atoms with Gasteiger partial charge in [-0.3, -0.25) is 0 Å². The number of rotatable bonds is 2. The Balaban J connectivity index is 1.87. The molecule has 0 heterocycles. The van der Waals surface area contributed by atoms with Gasteiger partial charge < -0.3 is 0 Å². The summed E-state index contributed by atoms with van der Waals surface area (Å²) in [6, 6.07) is 27.3. The first kappa shape index (κ1) is 16.3. The van der Waals surface area contributed by atoms with Crippen LogP contribution in [0.15, 0.2) is 77.3 Å². The maximum absolute atomic E-state index is 3.71. The summed E-state index contributed by atoms with van der Waals surface area (Å²) < 4.78 is 1.17. The van der Waals surface area contributed by atoms with Crippen molar-refractivity contribution in [2.24, 2.45) is 5.92 Å². The molecule has 1 unspecified atom stereocenters. The molecule has 3 aromatic rings. The van der Waals surface area contributed by atoms with E-state index < -0.39 is 0 Å². The number of hydrogen-bond donors (Lipinski definition) is 0. The SMILES string of the molecule is Brc1ccc2c(c1)-c1ccccc1C2(c1ccccc1)C1CCCCC1. The fraction of sp³-hybridized carbons (Fsp3) is 0.280. The summed E-state index contributed by atoms with van der Waals surface area (Å²) in [7, 11) is 0. The van der Waals surface area contributed by atoms with E-state index in [9.17, 15) is 0 Å². The van der Waals surface area contributed by atoms with Gasteiger partial charge in [0.2, 0.25) is 0 Å². The molecule has 2 aliphatic carbocycles. The zero-order valence-electron chi connectivity index (χ0n) is 14.9. The average Bonchev–Trinajstić information content (AvgIpc) is 3.00. The molecule has 1 heteroatoms. The van der Waals surface area contributed by atoms with Crippen molar-refractivity contribution in [3.63, 3.8) is 0 Å². The number of fused-ring (bicyclic) bond motifs is 3. The predicted octanol–water partition coefficient (Wildman–Crippen LogP) is 7.34. The molecule has 2 aliphatic rings. The first-order valence-corrected chi connectivity index (χ1v) is 10.6. The zero-order valence-corrected chi connectivity index (χ0v) is 16.5. The molecule has 130 valence electrons. The molecule has 0 aromatic heterocycles. The third-order valence-corrected chi connectivity index (χ3v) is 6.99. The molecule has 1 fully saturated rings. The van der Waals surface area contributed by atoms with Crippen LogP contribution in [0.3, 0.4) is 0 Å². The van der Waals surface area contributed by atoms with Crippen molar-refractivity contribution in [3.05, 3.63) is 94.0 Å². The van der Waals surface area contributed by atoms with Crippen LogP contribution in [0.5, 0.6) is 0 Å². The first-order chi connectivity index (χ1) is 12.8. The van der Waals surface area contributed by atoms with Crippen molar-refractivity contribution in [3.8, 4) is 11.1 Å². The quantitative estimate of drug-likeness (QED) is 0.420. The average molecular weight is 403 g/mol. The Kier molecular flexibility index (Phi) is 4.01. The molecular weight excluding hydrogens is 380 g/mol. The molecule has 0 aliphatic heterocycles. The van der Waals surface area contributed by atoms with E-state index >= 15 is 0 Å². The normalized spacial score (nSPS) is 22.0. The fourth-order valence-corrected chi connectivity index (χ4v) is 5.87. The number of benzene rings is 3. The molecule has 0 spiro atoms. The van der Waals surface area contributed by atoms with Crippen LogP contribution >= 0.6 is 15.9 Å². The summed E-state index contributed by atoms with van der Waals surface area (Å²) in [5.74, 6) is 0.669. The minimum Gasteiger partial charge on any atom is -0.0622 e. The Morgan fingerprint density at radius 3 is 2.19 bits per heavy atom. The maximum Gasteiger partial charge on any atom is 0.0491 e. The standard InChI is InChI=1S/C25H23Br/c26-20-15-16-24-22(17-20)21-13-7-8-14-23(21)25(24,18-9-3-1-4-10-18)19-11-5-2-6-12-19/h1,3-4,7-10,13-17,19H,2,5-6,11-12H2. The summed E-state index contributed by atoms with van der Waals surface area (Å²) in [6.45, 7) is 0. The lowest BCUT2D eigenvalue weighted by atomic mass is 9.60. The highest BCUT2D eigenvalue weighted by Crippen LogP contribution is 2.59. The summed E-state index contributed by atoms with van der Waals surface area (Å²) in [4.78, 5) is 0. The number of halogens is 1. The van der Waals surface area contributed by atoms with Crippen molar-refractivity contribution in [1.29, 1.82) is 0 Å². The van der Waals surface area contributed by atoms with E-state index in [1.807, 2.05) is 0 Å². The van der Waals surface area contributed by atoms with Crippen molar-refractivity contribution in [2.75, 3.05) is 0 Å². The van der Waals surface area contributed by atoms with Crippen LogP contribution in [0.2, 0.25) is 0 Å². The Morgan fingerprint density at radius 2 is 1.38 bits per heavy atom. The molecular formula is C25H23Br. The smallest absolute Gasteiger partial charge is 0.0491 e. The first-order valence-electron chi connectivity index (χ1n) is 9.77. The Labute approximate surface area is 164 Å². The topological polar surface area (TPSA) is 0 Å². The van der Waals surface area contributed by atoms with Crippen LogP contribution in [0.1, 0.15) is 48.8 Å². The predicted molar refractivity (Wildman–Crippen MR) is 112 cm³/mol. The van der Waals surface area contributed by atoms with Gasteiger partial charge in [-0.25, -0.2) is 0 Å². The maximum atomic E-state index is 3.71. The third kappa shape index (κ3) is 2.26. The van der Waals surface area contributed by atoms with E-state index in [0.29, 0.717) is 5.92 Å². The molecule has 0 N–H and O–H groups in total. The molecule has 0 bridgehead atoms. The van der Waals surface area contributed by atoms with Crippen LogP contribution in [-0.2, 0) is 5.41 Å². The Hall–Kier alpha value is -1.86. The summed E-state index contributed by atoms with van der Waals surface area (Å²) in [6.07, 6.45) is 6.73. The van der Waals surface area contributed by atoms with Crippen LogP contribution in [-0.4, -0.2) is 0 Å². The molecule has 26 heavy (non-hydrogen) atoms. The lowest BCUT2D eigenvalue weighted by molar-refractivity contribution is 0.275. The van der Waals surface area contributed by atoms with Gasteiger partial charge in [0, 0.05) is 9.89 Å². The summed E-state index contributed by atoms with van der Waals surface area (Å²) in [5, 5.41) is 0. The minimum absolute atomic E-state index is 0.00565. The summed E-state index contributed by atoms with van der Waals surface area (Å²) in [5.41, 5.74) is 7.28. The fourth-order valence-electron chi connectivity index (χ4n) is 5.51. The van der Waals surface area contributed by atoms with Gasteiger partial charge in [-0.2, -0.15) is 0 Å². The van der Waals surface area contributed by atoms with Crippen molar-refractivity contribution >= 4 is 15.9 Å². The second-order valence-corrected chi connectivity index (χ2v) is 8.66. The van der Waals surface area contributed by atoms with Gasteiger partial charge in [-0.15, -0.1) is 0 Å². The van der Waals surface area contributed by atoms with Gasteiger partial charge in [0.15, 0.2) is 0 Å². The largest absolute Gasteiger partial charge is 0.0622 e. The van der Waals surface area contributed by atoms with Gasteiger partial charge in [0.05, 0.1) is 0 Å². The van der Waals surface area contributed by atoms with Gasteiger partial charge in [0.25, 0.3) is 0 Å².